The second kappa shape index (κ2) is 57.7. The maximum atomic E-state index is 14.8. The van der Waals surface area contributed by atoms with Gasteiger partial charge < -0.3 is 149 Å². The molecule has 0 unspecified atom stereocenters. The smallest absolute Gasteiger partial charge is 0.326 e. The maximum Gasteiger partial charge on any atom is 0.326 e. The predicted octanol–water partition coefficient (Wildman–Crippen LogP) is -10.5. The average molecular weight is 1870 g/mol. The molecule has 0 spiro atoms. The van der Waals surface area contributed by atoms with Gasteiger partial charge in [0.1, 0.15) is 103 Å². The van der Waals surface area contributed by atoms with Gasteiger partial charge in [0.05, 0.1) is 51.5 Å². The molecule has 2 saturated heterocycles. The van der Waals surface area contributed by atoms with Crippen LogP contribution in [-0.2, 0) is 101 Å². The molecule has 131 heavy (non-hydrogen) atoms. The Labute approximate surface area is 761 Å². The summed E-state index contributed by atoms with van der Waals surface area (Å²) in [4.78, 5) is 286. The van der Waals surface area contributed by atoms with Crippen LogP contribution in [0.3, 0.4) is 0 Å². The lowest BCUT2D eigenvalue weighted by Gasteiger charge is -2.33. The molecule has 2 heterocycles. The highest BCUT2D eigenvalue weighted by Crippen LogP contribution is 2.27. The lowest BCUT2D eigenvalue weighted by molar-refractivity contribution is -0.148. The van der Waals surface area contributed by atoms with E-state index in [1.165, 1.54) is 72.1 Å². The SMILES string of the molecule is CC[C@H](C)[C@H](NC(=O)[C@H](CO)NC(=O)[C@H](C)NC(=O)CNC(=O)[C@H](CC(C)C)NC(=O)CNC(=O)[C@@H](N)[C@@H](C)O)C(=O)N[C@@H](CC(N)=O)C(=O)N[C@H](C(=O)N[C@@H](C)C(=O)N[C@@H](CCCCN)C(=O)N1CCC[C@H]1C(=O)N1CCC[C@H]1C(=O)N[C@@H](CCCCN)C(=O)NCC(=O)N[C@@H](CO)C(=O)N[C@H](C(=O)N[C@H](C(=O)N[C@@H](C)C(=O)N[C@H](C(=O)O)C(C)C)C(C)C)[C@@H](C)O)C(C)C. The summed E-state index contributed by atoms with van der Waals surface area (Å²) in [7, 11) is 0. The van der Waals surface area contributed by atoms with Gasteiger partial charge in [-0.25, -0.2) is 4.79 Å². The molecule has 2 aliphatic rings. The monoisotopic (exact) mass is 1870 g/mol. The van der Waals surface area contributed by atoms with Crippen molar-refractivity contribution in [2.45, 2.75) is 302 Å². The zero-order valence-electron chi connectivity index (χ0n) is 77.4. The Morgan fingerprint density at radius 3 is 1.22 bits per heavy atom. The molecule has 2 rings (SSSR count). The van der Waals surface area contributed by atoms with Crippen molar-refractivity contribution in [2.24, 2.45) is 52.5 Å². The Hall–Kier alpha value is -11.4. The summed E-state index contributed by atoms with van der Waals surface area (Å²) >= 11 is 0. The normalized spacial score (nSPS) is 17.8. The van der Waals surface area contributed by atoms with Crippen molar-refractivity contribution in [3.63, 3.8) is 0 Å². The Morgan fingerprint density at radius 1 is 0.382 bits per heavy atom. The first kappa shape index (κ1) is 116. The summed E-state index contributed by atoms with van der Waals surface area (Å²) < 4.78 is 0. The number of aliphatic carboxylic acids is 1. The number of hydrogen-bond donors (Lipinski definition) is 26. The maximum absolute atomic E-state index is 14.8. The molecule has 0 aromatic rings. The number of unbranched alkanes of at least 4 members (excludes halogenated alkanes) is 2. The quantitative estimate of drug-likeness (QED) is 0.0251. The first-order chi connectivity index (χ1) is 61.3. The van der Waals surface area contributed by atoms with E-state index in [1.54, 1.807) is 34.6 Å². The number of carboxylic acid groups (broad SMARTS) is 1. The topological polar surface area (TPSA) is 775 Å². The highest BCUT2D eigenvalue weighted by Gasteiger charge is 2.46. The molecule has 49 heteroatoms. The van der Waals surface area contributed by atoms with Crippen LogP contribution in [0.1, 0.15) is 187 Å². The van der Waals surface area contributed by atoms with Gasteiger partial charge in [-0.2, -0.15) is 0 Å². The number of aliphatic hydroxyl groups is 4. The van der Waals surface area contributed by atoms with E-state index in [2.05, 4.69) is 90.4 Å². The number of hydrogen-bond acceptors (Lipinski definition) is 28. The summed E-state index contributed by atoms with van der Waals surface area (Å²) in [5, 5.41) is 91.0. The Morgan fingerprint density at radius 2 is 0.763 bits per heavy atom. The van der Waals surface area contributed by atoms with Crippen LogP contribution in [0.4, 0.5) is 0 Å². The molecule has 20 amide bonds. The van der Waals surface area contributed by atoms with Crippen molar-refractivity contribution in [1.82, 2.24) is 100 Å². The minimum absolute atomic E-state index is 0.00467. The third-order valence-electron chi connectivity index (χ3n) is 21.8. The molecule has 2 fully saturated rings. The number of nitrogens with zero attached hydrogens (tertiary/aromatic N) is 2. The van der Waals surface area contributed by atoms with Gasteiger partial charge in [-0.3, -0.25) is 95.9 Å². The number of amides is 20. The largest absolute Gasteiger partial charge is 0.480 e. The molecule has 742 valence electrons. The van der Waals surface area contributed by atoms with Crippen LogP contribution in [0.15, 0.2) is 0 Å². The summed E-state index contributed by atoms with van der Waals surface area (Å²) in [5.41, 5.74) is 22.7. The molecule has 0 saturated carbocycles. The van der Waals surface area contributed by atoms with E-state index < -0.39 is 302 Å². The molecule has 0 aliphatic carbocycles. The van der Waals surface area contributed by atoms with Gasteiger partial charge in [-0.15, -0.1) is 0 Å². The number of carbonyl (C=O) groups excluding carboxylic acids is 20. The molecule has 0 bridgehead atoms. The van der Waals surface area contributed by atoms with Crippen LogP contribution in [-0.4, -0.2) is 333 Å². The molecule has 2 aliphatic heterocycles. The number of nitrogens with two attached hydrogens (primary N) is 4. The summed E-state index contributed by atoms with van der Waals surface area (Å²) in [6.07, 6.45) is -1.26. The van der Waals surface area contributed by atoms with Crippen LogP contribution < -0.4 is 113 Å². The molecule has 30 N–H and O–H groups in total. The number of rotatable bonds is 58. The van der Waals surface area contributed by atoms with Gasteiger partial charge in [0.2, 0.25) is 118 Å². The van der Waals surface area contributed by atoms with E-state index in [9.17, 15) is 126 Å². The van der Waals surface area contributed by atoms with Gasteiger partial charge in [0, 0.05) is 13.1 Å². The predicted molar refractivity (Wildman–Crippen MR) is 469 cm³/mol. The zero-order chi connectivity index (χ0) is 99.7. The fourth-order valence-electron chi connectivity index (χ4n) is 13.8. The van der Waals surface area contributed by atoms with E-state index in [0.717, 1.165) is 6.92 Å². The molecule has 0 radical (unpaired) electrons. The van der Waals surface area contributed by atoms with Crippen LogP contribution in [0, 0.1) is 29.6 Å². The van der Waals surface area contributed by atoms with Gasteiger partial charge in [0.25, 0.3) is 0 Å². The van der Waals surface area contributed by atoms with Crippen molar-refractivity contribution in [3.05, 3.63) is 0 Å². The van der Waals surface area contributed by atoms with Gasteiger partial charge in [-0.05, 0) is 148 Å². The lowest BCUT2D eigenvalue weighted by atomic mass is 9.97. The molecule has 49 nitrogen and oxygen atoms in total. The number of likely N-dealkylation sites (tertiary alicyclic amines) is 2. The van der Waals surface area contributed by atoms with E-state index in [0.29, 0.717) is 32.1 Å². The molecule has 0 aromatic heterocycles. The molecular weight excluding hydrogens is 1720 g/mol. The van der Waals surface area contributed by atoms with Gasteiger partial charge in [0.15, 0.2) is 0 Å². The number of nitrogens with one attached hydrogen (secondary N) is 17. The molecule has 20 atom stereocenters. The standard InChI is InChI=1S/C82H143N23O26/c1-16-42(10)64(102-73(121)53(37-107)98-66(114)43(11)90-57(111)33-88-70(118)50(31-38(2)3)93-58(112)35-89-75(123)60(86)46(14)108)78(126)97-51(32-56(85)110)71(119)99-61(39(4)5)76(124)91-44(12)67(115)96-49(24-18-20-28-84)80(128)105-30-22-26-55(105)81(129)104-29-21-25-54(104)74(122)95-48(23-17-19-27-83)69(117)87-34-59(113)94-52(36-106)72(120)103-65(47(15)109)79(127)100-62(40(6)7)77(125)92-45(13)68(116)101-63(41(8)9)82(130)131/h38-55,60-65,106-109H,16-37,83-84,86H2,1-15H3,(H2,85,110)(H,87,117)(H,88,118)(H,89,123)(H,90,111)(H,91,124)(H,92,125)(H,93,112)(H,94,113)(H,95,122)(H,96,115)(H,97,126)(H,98,114)(H,99,119)(H,100,127)(H,101,116)(H,102,121)(H,103,120)(H,130,131)/t42-,43-,44-,45-,46+,47+,48-,49-,50-,51-,52-,53-,54-,55-,60-,61-,62-,63-,64-,65-/m0/s1. The summed E-state index contributed by atoms with van der Waals surface area (Å²) in [6.45, 7) is 18.2. The first-order valence-electron chi connectivity index (χ1n) is 44.2. The lowest BCUT2D eigenvalue weighted by Crippen LogP contribution is -2.62. The van der Waals surface area contributed by atoms with E-state index >= 15 is 0 Å². The second-order valence-corrected chi connectivity index (χ2v) is 34.4. The number of carboxylic acids is 1. The average Bonchev–Trinajstić information content (AvgIpc) is 1.66. The fraction of sp³-hybridized carbons (Fsp3) is 0.744. The van der Waals surface area contributed by atoms with E-state index in [-0.39, 0.29) is 77.0 Å². The third kappa shape index (κ3) is 38.9. The highest BCUT2D eigenvalue weighted by atomic mass is 16.4. The minimum Gasteiger partial charge on any atom is -0.480 e. The van der Waals surface area contributed by atoms with Crippen molar-refractivity contribution in [2.75, 3.05) is 59.0 Å². The van der Waals surface area contributed by atoms with Crippen molar-refractivity contribution in [1.29, 1.82) is 0 Å². The Balaban J connectivity index is 2.23. The highest BCUT2D eigenvalue weighted by molar-refractivity contribution is 6.02. The Bertz CT molecular complexity index is 3930. The second-order valence-electron chi connectivity index (χ2n) is 34.4. The molecule has 0 aromatic carbocycles. The van der Waals surface area contributed by atoms with Gasteiger partial charge >= 0.3 is 5.97 Å². The van der Waals surface area contributed by atoms with Crippen LogP contribution in [0.2, 0.25) is 0 Å². The van der Waals surface area contributed by atoms with Crippen LogP contribution in [0.25, 0.3) is 0 Å². The summed E-state index contributed by atoms with van der Waals surface area (Å²) in [5.74, 6) is -22.9. The zero-order valence-corrected chi connectivity index (χ0v) is 77.4. The third-order valence-corrected chi connectivity index (χ3v) is 21.8. The van der Waals surface area contributed by atoms with Crippen molar-refractivity contribution in [3.8, 4) is 0 Å². The number of primary amides is 1. The van der Waals surface area contributed by atoms with Crippen LogP contribution in [0.5, 0.6) is 0 Å². The summed E-state index contributed by atoms with van der Waals surface area (Å²) in [6, 6.07) is -24.6. The Kier molecular flexibility index (Phi) is 50.9. The molecular formula is C82H143N23O26. The number of carbonyl (C=O) groups is 21. The fourth-order valence-corrected chi connectivity index (χ4v) is 13.8. The van der Waals surface area contributed by atoms with E-state index in [4.69, 9.17) is 22.9 Å². The number of aliphatic hydroxyl groups excluding tert-OH is 4. The van der Waals surface area contributed by atoms with Crippen molar-refractivity contribution >= 4 is 124 Å². The first-order valence-corrected chi connectivity index (χ1v) is 44.2. The minimum atomic E-state index is -1.82. The van der Waals surface area contributed by atoms with Crippen LogP contribution >= 0.6 is 0 Å². The van der Waals surface area contributed by atoms with Crippen molar-refractivity contribution < 1.29 is 126 Å². The van der Waals surface area contributed by atoms with E-state index in [1.807, 2.05) is 0 Å². The van der Waals surface area contributed by atoms with Gasteiger partial charge in [-0.1, -0.05) is 75.7 Å².